The summed E-state index contributed by atoms with van der Waals surface area (Å²) >= 11 is 0. The summed E-state index contributed by atoms with van der Waals surface area (Å²) < 4.78 is 2.06. The van der Waals surface area contributed by atoms with Crippen LogP contribution in [0.1, 0.15) is 38.9 Å². The first-order valence-corrected chi connectivity index (χ1v) is 7.51. The van der Waals surface area contributed by atoms with Crippen molar-refractivity contribution < 1.29 is 5.11 Å². The van der Waals surface area contributed by atoms with Crippen molar-refractivity contribution in [2.75, 3.05) is 26.7 Å². The molecular formula is C15H30N4O. The van der Waals surface area contributed by atoms with Crippen LogP contribution in [0.4, 0.5) is 0 Å². The van der Waals surface area contributed by atoms with Gasteiger partial charge in [0.2, 0.25) is 0 Å². The summed E-state index contributed by atoms with van der Waals surface area (Å²) in [5.74, 6) is 1.10. The molecule has 1 atom stereocenters. The number of rotatable bonds is 10. The molecule has 0 saturated carbocycles. The van der Waals surface area contributed by atoms with Crippen molar-refractivity contribution in [3.63, 3.8) is 0 Å². The molecule has 0 aliphatic rings. The van der Waals surface area contributed by atoms with Gasteiger partial charge in [-0.15, -0.1) is 0 Å². The van der Waals surface area contributed by atoms with Crippen LogP contribution < -0.4 is 5.32 Å². The predicted molar refractivity (Wildman–Crippen MR) is 82.6 cm³/mol. The first-order valence-electron chi connectivity index (χ1n) is 7.51. The van der Waals surface area contributed by atoms with Crippen LogP contribution in [0.3, 0.4) is 0 Å². The molecule has 0 aliphatic heterocycles. The lowest BCUT2D eigenvalue weighted by atomic mass is 9.95. The largest absolute Gasteiger partial charge is 0.394 e. The lowest BCUT2D eigenvalue weighted by Crippen LogP contribution is -2.45. The number of likely N-dealkylation sites (N-methyl/N-ethyl adjacent to an activating group) is 1. The second-order valence-electron chi connectivity index (χ2n) is 5.90. The minimum absolute atomic E-state index is 0.132. The summed E-state index contributed by atoms with van der Waals surface area (Å²) in [5, 5.41) is 12.8. The number of nitrogens with zero attached hydrogens (tertiary/aromatic N) is 3. The molecule has 0 aromatic carbocycles. The molecule has 5 nitrogen and oxygen atoms in total. The van der Waals surface area contributed by atoms with E-state index in [9.17, 15) is 5.11 Å². The molecule has 0 amide bonds. The molecule has 0 radical (unpaired) electrons. The van der Waals surface area contributed by atoms with E-state index in [4.69, 9.17) is 0 Å². The Balaban J connectivity index is 2.22. The molecule has 116 valence electrons. The molecular weight excluding hydrogens is 252 g/mol. The maximum Gasteiger partial charge on any atom is 0.122 e. The van der Waals surface area contributed by atoms with Gasteiger partial charge in [0.15, 0.2) is 0 Å². The quantitative estimate of drug-likeness (QED) is 0.637. The first kappa shape index (κ1) is 17.1. The van der Waals surface area contributed by atoms with Gasteiger partial charge in [-0.05, 0) is 39.9 Å². The second-order valence-corrected chi connectivity index (χ2v) is 5.90. The molecule has 1 aromatic rings. The Labute approximate surface area is 123 Å². The minimum atomic E-state index is -0.132. The van der Waals surface area contributed by atoms with Crippen LogP contribution in [-0.2, 0) is 13.6 Å². The van der Waals surface area contributed by atoms with Crippen molar-refractivity contribution in [3.8, 4) is 0 Å². The van der Waals surface area contributed by atoms with E-state index in [2.05, 4.69) is 40.7 Å². The smallest absolute Gasteiger partial charge is 0.122 e. The highest BCUT2D eigenvalue weighted by molar-refractivity contribution is 4.90. The molecule has 1 unspecified atom stereocenters. The van der Waals surface area contributed by atoms with Crippen LogP contribution >= 0.6 is 0 Å². The zero-order chi connectivity index (χ0) is 15.0. The molecule has 0 fully saturated rings. The Morgan fingerprint density at radius 1 is 1.45 bits per heavy atom. The molecule has 0 saturated heterocycles. The maximum atomic E-state index is 9.44. The molecule has 0 aliphatic carbocycles. The lowest BCUT2D eigenvalue weighted by molar-refractivity contribution is 0.163. The number of aliphatic hydroxyl groups is 1. The fraction of sp³-hybridized carbons (Fsp3) is 0.800. The lowest BCUT2D eigenvalue weighted by Gasteiger charge is -2.28. The van der Waals surface area contributed by atoms with Gasteiger partial charge in [-0.2, -0.15) is 0 Å². The van der Waals surface area contributed by atoms with Crippen LogP contribution in [0.15, 0.2) is 12.4 Å². The van der Waals surface area contributed by atoms with E-state index in [0.717, 1.165) is 44.7 Å². The highest BCUT2D eigenvalue weighted by atomic mass is 16.3. The van der Waals surface area contributed by atoms with Gasteiger partial charge in [0, 0.05) is 25.0 Å². The van der Waals surface area contributed by atoms with Crippen LogP contribution in [0.5, 0.6) is 0 Å². The number of hydrogen-bond donors (Lipinski definition) is 2. The minimum Gasteiger partial charge on any atom is -0.394 e. The van der Waals surface area contributed by atoms with E-state index in [1.54, 1.807) is 0 Å². The van der Waals surface area contributed by atoms with Crippen LogP contribution in [0.2, 0.25) is 0 Å². The Morgan fingerprint density at radius 2 is 2.20 bits per heavy atom. The van der Waals surface area contributed by atoms with Gasteiger partial charge >= 0.3 is 0 Å². The standard InChI is InChI=1S/C15H30N4O/c1-5-17-15(2,13-20)8-6-7-10-18(3)12-14-16-9-11-19(14)4/h9,11,17,20H,5-8,10,12-13H2,1-4H3. The normalized spacial score (nSPS) is 14.7. The summed E-state index contributed by atoms with van der Waals surface area (Å²) in [6.07, 6.45) is 7.09. The van der Waals surface area contributed by atoms with Crippen LogP contribution in [0.25, 0.3) is 0 Å². The topological polar surface area (TPSA) is 53.3 Å². The molecule has 0 bridgehead atoms. The van der Waals surface area contributed by atoms with Crippen molar-refractivity contribution in [2.45, 2.75) is 45.2 Å². The Bertz CT molecular complexity index is 380. The molecule has 1 heterocycles. The van der Waals surface area contributed by atoms with Crippen LogP contribution in [-0.4, -0.2) is 51.8 Å². The average molecular weight is 282 g/mol. The number of aromatic nitrogens is 2. The molecule has 20 heavy (non-hydrogen) atoms. The number of hydrogen-bond acceptors (Lipinski definition) is 4. The number of aliphatic hydroxyl groups excluding tert-OH is 1. The van der Waals surface area contributed by atoms with Gasteiger partial charge in [0.05, 0.1) is 13.2 Å². The number of aryl methyl sites for hydroxylation is 1. The van der Waals surface area contributed by atoms with Gasteiger partial charge in [0.1, 0.15) is 5.82 Å². The summed E-state index contributed by atoms with van der Waals surface area (Å²) in [4.78, 5) is 6.64. The third kappa shape index (κ3) is 5.61. The van der Waals surface area contributed by atoms with E-state index in [1.807, 2.05) is 19.4 Å². The fourth-order valence-corrected chi connectivity index (χ4v) is 2.42. The Kier molecular flexibility index (Phi) is 7.19. The monoisotopic (exact) mass is 282 g/mol. The van der Waals surface area contributed by atoms with Gasteiger partial charge in [0.25, 0.3) is 0 Å². The van der Waals surface area contributed by atoms with Crippen molar-refractivity contribution in [1.82, 2.24) is 19.8 Å². The molecule has 1 rings (SSSR count). The van der Waals surface area contributed by atoms with E-state index >= 15 is 0 Å². The van der Waals surface area contributed by atoms with Gasteiger partial charge in [-0.25, -0.2) is 4.98 Å². The summed E-state index contributed by atoms with van der Waals surface area (Å²) in [5.41, 5.74) is -0.132. The second kappa shape index (κ2) is 8.39. The third-order valence-electron chi connectivity index (χ3n) is 3.80. The van der Waals surface area contributed by atoms with Crippen molar-refractivity contribution in [1.29, 1.82) is 0 Å². The zero-order valence-corrected chi connectivity index (χ0v) is 13.4. The highest BCUT2D eigenvalue weighted by Crippen LogP contribution is 2.13. The Hall–Kier alpha value is -0.910. The zero-order valence-electron chi connectivity index (χ0n) is 13.4. The van der Waals surface area contributed by atoms with Crippen LogP contribution in [0, 0.1) is 0 Å². The Morgan fingerprint density at radius 3 is 2.75 bits per heavy atom. The summed E-state index contributed by atoms with van der Waals surface area (Å²) in [6, 6.07) is 0. The number of unbranched alkanes of at least 4 members (excludes halogenated alkanes) is 1. The molecule has 1 aromatic heterocycles. The van der Waals surface area contributed by atoms with E-state index in [1.165, 1.54) is 0 Å². The fourth-order valence-electron chi connectivity index (χ4n) is 2.42. The summed E-state index contributed by atoms with van der Waals surface area (Å²) in [7, 11) is 4.16. The highest BCUT2D eigenvalue weighted by Gasteiger charge is 2.20. The molecule has 2 N–H and O–H groups in total. The van der Waals surface area contributed by atoms with Crippen molar-refractivity contribution in [2.24, 2.45) is 7.05 Å². The van der Waals surface area contributed by atoms with E-state index in [0.29, 0.717) is 0 Å². The molecule has 0 spiro atoms. The summed E-state index contributed by atoms with van der Waals surface area (Å²) in [6.45, 7) is 7.21. The van der Waals surface area contributed by atoms with E-state index < -0.39 is 0 Å². The third-order valence-corrected chi connectivity index (χ3v) is 3.80. The molecule has 5 heteroatoms. The maximum absolute atomic E-state index is 9.44. The average Bonchev–Trinajstić information content (AvgIpc) is 2.81. The van der Waals surface area contributed by atoms with Crippen molar-refractivity contribution in [3.05, 3.63) is 18.2 Å². The van der Waals surface area contributed by atoms with Gasteiger partial charge in [-0.3, -0.25) is 4.90 Å². The first-order chi connectivity index (χ1) is 9.50. The van der Waals surface area contributed by atoms with Gasteiger partial charge in [-0.1, -0.05) is 13.3 Å². The predicted octanol–water partition coefficient (Wildman–Crippen LogP) is 1.38. The van der Waals surface area contributed by atoms with E-state index in [-0.39, 0.29) is 12.1 Å². The van der Waals surface area contributed by atoms with Gasteiger partial charge < -0.3 is 15.0 Å². The van der Waals surface area contributed by atoms with Crippen molar-refractivity contribution >= 4 is 0 Å². The number of nitrogens with one attached hydrogen (secondary N) is 1. The number of imidazole rings is 1. The SMILES string of the molecule is CCNC(C)(CO)CCCCN(C)Cc1nccn1C.